The van der Waals surface area contributed by atoms with Gasteiger partial charge in [0.15, 0.2) is 0 Å². The summed E-state index contributed by atoms with van der Waals surface area (Å²) in [7, 11) is 1.50. The maximum absolute atomic E-state index is 6.07. The van der Waals surface area contributed by atoms with E-state index in [1.165, 1.54) is 0 Å². The first-order valence-corrected chi connectivity index (χ1v) is 6.43. The molecule has 100 valence electrons. The van der Waals surface area contributed by atoms with E-state index >= 15 is 0 Å². The Kier molecular flexibility index (Phi) is 2.53. The zero-order valence-corrected chi connectivity index (χ0v) is 12.0. The first-order chi connectivity index (χ1) is 8.82. The van der Waals surface area contributed by atoms with E-state index in [0.29, 0.717) is 0 Å². The SMILES string of the molecule is Cn1ncc2c(B3OC(C)(C)C(C)(C)O3)cncc21. The van der Waals surface area contributed by atoms with Crippen LogP contribution in [0.2, 0.25) is 0 Å². The first kappa shape index (κ1) is 12.6. The molecule has 6 heteroatoms. The minimum absolute atomic E-state index is 0.345. The molecule has 0 atom stereocenters. The maximum Gasteiger partial charge on any atom is 0.497 e. The summed E-state index contributed by atoms with van der Waals surface area (Å²) >= 11 is 0. The van der Waals surface area contributed by atoms with E-state index in [1.807, 2.05) is 40.9 Å². The molecule has 5 nitrogen and oxygen atoms in total. The predicted molar refractivity (Wildman–Crippen MR) is 74.2 cm³/mol. The Morgan fingerprint density at radius 3 is 2.32 bits per heavy atom. The Bertz CT molecular complexity index is 620. The van der Waals surface area contributed by atoms with Gasteiger partial charge in [-0.15, -0.1) is 0 Å². The number of pyridine rings is 1. The second kappa shape index (κ2) is 3.80. The Labute approximate surface area is 113 Å². The molecule has 0 amide bonds. The fourth-order valence-electron chi connectivity index (χ4n) is 2.24. The normalized spacial score (nSPS) is 21.2. The lowest BCUT2D eigenvalue weighted by Crippen LogP contribution is -2.41. The molecule has 2 aromatic heterocycles. The fourth-order valence-corrected chi connectivity index (χ4v) is 2.24. The smallest absolute Gasteiger partial charge is 0.399 e. The number of nitrogens with zero attached hydrogens (tertiary/aromatic N) is 3. The van der Waals surface area contributed by atoms with Gasteiger partial charge in [0.05, 0.1) is 29.1 Å². The lowest BCUT2D eigenvalue weighted by atomic mass is 9.78. The van der Waals surface area contributed by atoms with Crippen LogP contribution in [0.5, 0.6) is 0 Å². The van der Waals surface area contributed by atoms with Gasteiger partial charge in [-0.3, -0.25) is 9.67 Å². The Balaban J connectivity index is 2.07. The van der Waals surface area contributed by atoms with Crippen LogP contribution in [0.1, 0.15) is 27.7 Å². The average molecular weight is 259 g/mol. The number of rotatable bonds is 1. The summed E-state index contributed by atoms with van der Waals surface area (Å²) in [6.45, 7) is 8.18. The minimum atomic E-state index is -0.398. The number of aromatic nitrogens is 3. The molecular weight excluding hydrogens is 241 g/mol. The van der Waals surface area contributed by atoms with Gasteiger partial charge in [0, 0.05) is 24.1 Å². The summed E-state index contributed by atoms with van der Waals surface area (Å²) in [5.74, 6) is 0. The van der Waals surface area contributed by atoms with Gasteiger partial charge in [-0.2, -0.15) is 5.10 Å². The number of hydrogen-bond acceptors (Lipinski definition) is 4. The van der Waals surface area contributed by atoms with E-state index in [2.05, 4.69) is 10.1 Å². The van der Waals surface area contributed by atoms with Crippen molar-refractivity contribution >= 4 is 23.5 Å². The van der Waals surface area contributed by atoms with Crippen LogP contribution in [0.25, 0.3) is 10.9 Å². The predicted octanol–water partition coefficient (Wildman–Crippen LogP) is 1.27. The number of hydrogen-bond donors (Lipinski definition) is 0. The van der Waals surface area contributed by atoms with Gasteiger partial charge >= 0.3 is 7.12 Å². The summed E-state index contributed by atoms with van der Waals surface area (Å²) in [4.78, 5) is 4.27. The van der Waals surface area contributed by atoms with Crippen molar-refractivity contribution in [1.29, 1.82) is 0 Å². The zero-order chi connectivity index (χ0) is 13.8. The van der Waals surface area contributed by atoms with Crippen molar-refractivity contribution in [3.63, 3.8) is 0 Å². The van der Waals surface area contributed by atoms with E-state index in [-0.39, 0.29) is 11.2 Å². The molecule has 0 N–H and O–H groups in total. The number of fused-ring (bicyclic) bond motifs is 1. The van der Waals surface area contributed by atoms with Crippen molar-refractivity contribution in [3.05, 3.63) is 18.6 Å². The highest BCUT2D eigenvalue weighted by Crippen LogP contribution is 2.36. The minimum Gasteiger partial charge on any atom is -0.399 e. The molecule has 1 saturated heterocycles. The van der Waals surface area contributed by atoms with Crippen molar-refractivity contribution in [1.82, 2.24) is 14.8 Å². The molecule has 3 heterocycles. The second-order valence-corrected chi connectivity index (χ2v) is 6.02. The third-order valence-corrected chi connectivity index (χ3v) is 4.21. The Morgan fingerprint density at radius 1 is 1.05 bits per heavy atom. The van der Waals surface area contributed by atoms with Crippen LogP contribution in [0, 0.1) is 0 Å². The Hall–Kier alpha value is -1.40. The lowest BCUT2D eigenvalue weighted by molar-refractivity contribution is 0.00578. The van der Waals surface area contributed by atoms with E-state index in [9.17, 15) is 0 Å². The van der Waals surface area contributed by atoms with Crippen molar-refractivity contribution in [2.75, 3.05) is 0 Å². The molecule has 0 unspecified atom stereocenters. The van der Waals surface area contributed by atoms with Gasteiger partial charge in [0.1, 0.15) is 0 Å². The zero-order valence-electron chi connectivity index (χ0n) is 12.0. The highest BCUT2D eigenvalue weighted by atomic mass is 16.7. The standard InChI is InChI=1S/C13H18BN3O2/c1-12(2)13(3,4)19-14(18-12)10-7-15-8-11-9(10)6-16-17(11)5/h6-8H,1-5H3. The third kappa shape index (κ3) is 1.78. The van der Waals surface area contributed by atoms with E-state index < -0.39 is 7.12 Å². The van der Waals surface area contributed by atoms with Crippen LogP contribution in [0.3, 0.4) is 0 Å². The summed E-state index contributed by atoms with van der Waals surface area (Å²) in [5.41, 5.74) is 1.22. The van der Waals surface area contributed by atoms with Crippen LogP contribution in [-0.2, 0) is 16.4 Å². The molecule has 0 spiro atoms. The summed E-state index contributed by atoms with van der Waals surface area (Å²) in [6.07, 6.45) is 5.43. The molecule has 0 aliphatic carbocycles. The van der Waals surface area contributed by atoms with E-state index in [0.717, 1.165) is 16.4 Å². The summed E-state index contributed by atoms with van der Waals surface area (Å²) in [6, 6.07) is 0. The van der Waals surface area contributed by atoms with Gasteiger partial charge < -0.3 is 9.31 Å². The van der Waals surface area contributed by atoms with Gasteiger partial charge in [0.25, 0.3) is 0 Å². The molecule has 1 aliphatic rings. The van der Waals surface area contributed by atoms with Crippen LogP contribution >= 0.6 is 0 Å². The fraction of sp³-hybridized carbons (Fsp3) is 0.538. The third-order valence-electron chi connectivity index (χ3n) is 4.21. The summed E-state index contributed by atoms with van der Waals surface area (Å²) < 4.78 is 13.9. The van der Waals surface area contributed by atoms with Gasteiger partial charge in [-0.1, -0.05) is 0 Å². The molecule has 0 saturated carbocycles. The number of aryl methyl sites for hydroxylation is 1. The van der Waals surface area contributed by atoms with Gasteiger partial charge in [0.2, 0.25) is 0 Å². The monoisotopic (exact) mass is 259 g/mol. The molecule has 0 bridgehead atoms. The van der Waals surface area contributed by atoms with Crippen molar-refractivity contribution in [3.8, 4) is 0 Å². The second-order valence-electron chi connectivity index (χ2n) is 6.02. The van der Waals surface area contributed by atoms with Crippen molar-refractivity contribution in [2.45, 2.75) is 38.9 Å². The van der Waals surface area contributed by atoms with Crippen LogP contribution in [0.15, 0.2) is 18.6 Å². The maximum atomic E-state index is 6.07. The quantitative estimate of drug-likeness (QED) is 0.723. The lowest BCUT2D eigenvalue weighted by Gasteiger charge is -2.32. The largest absolute Gasteiger partial charge is 0.497 e. The molecule has 0 aromatic carbocycles. The topological polar surface area (TPSA) is 49.2 Å². The molecule has 0 radical (unpaired) electrons. The first-order valence-electron chi connectivity index (χ1n) is 6.43. The van der Waals surface area contributed by atoms with Crippen molar-refractivity contribution < 1.29 is 9.31 Å². The molecule has 19 heavy (non-hydrogen) atoms. The van der Waals surface area contributed by atoms with Crippen molar-refractivity contribution in [2.24, 2.45) is 7.05 Å². The van der Waals surface area contributed by atoms with E-state index in [1.54, 1.807) is 17.1 Å². The average Bonchev–Trinajstić information content (AvgIpc) is 2.78. The van der Waals surface area contributed by atoms with Gasteiger partial charge in [-0.25, -0.2) is 0 Å². The molecule has 3 rings (SSSR count). The van der Waals surface area contributed by atoms with Gasteiger partial charge in [-0.05, 0) is 27.7 Å². The molecule has 2 aromatic rings. The van der Waals surface area contributed by atoms with Crippen LogP contribution < -0.4 is 5.46 Å². The highest BCUT2D eigenvalue weighted by Gasteiger charge is 2.52. The van der Waals surface area contributed by atoms with Crippen LogP contribution in [0.4, 0.5) is 0 Å². The molecular formula is C13H18BN3O2. The highest BCUT2D eigenvalue weighted by molar-refractivity contribution is 6.65. The summed E-state index contributed by atoms with van der Waals surface area (Å²) in [5, 5.41) is 5.29. The molecule has 1 aliphatic heterocycles. The van der Waals surface area contributed by atoms with E-state index in [4.69, 9.17) is 9.31 Å². The molecule has 1 fully saturated rings. The van der Waals surface area contributed by atoms with Crippen LogP contribution in [-0.4, -0.2) is 33.1 Å². The Morgan fingerprint density at radius 2 is 1.68 bits per heavy atom.